The minimum Gasteiger partial charge on any atom is -0.504 e. The number of aryl methyl sites for hydroxylation is 2. The Kier molecular flexibility index (Phi) is 12.5. The molecule has 4 aromatic rings. The van der Waals surface area contributed by atoms with Crippen molar-refractivity contribution in [2.24, 2.45) is 0 Å². The van der Waals surface area contributed by atoms with Crippen molar-refractivity contribution in [2.45, 2.75) is 57.3 Å². The summed E-state index contributed by atoms with van der Waals surface area (Å²) in [6.07, 6.45) is 5.70. The standard InChI is InChI=1S/C20H21NO3S2.C12H16O3/c1-4-14(22)10-8-13-9-11-15(16(12-13)23-2)24-20-21-19-17(25-3)6-5-7-18(19)26-20;1-3-10(13)6-4-9-5-7-11(14)12(8-9)15-2/h5-7,9,11-12H,4,8,10H2,1-3H3;5,7-8,14H,3-4,6H2,1-2H3. The third-order valence-electron chi connectivity index (χ3n) is 6.43. The number of thioether (sulfide) groups is 1. The number of phenolic OH excluding ortho intramolecular Hbond substituents is 1. The number of para-hydroxylation sites is 1. The van der Waals surface area contributed by atoms with Gasteiger partial charge >= 0.3 is 0 Å². The number of benzene rings is 3. The first-order valence-corrected chi connectivity index (χ1v) is 15.5. The molecule has 0 aliphatic carbocycles. The van der Waals surface area contributed by atoms with E-state index >= 15 is 0 Å². The van der Waals surface area contributed by atoms with Crippen molar-refractivity contribution < 1.29 is 28.9 Å². The van der Waals surface area contributed by atoms with Crippen molar-refractivity contribution in [1.82, 2.24) is 4.98 Å². The van der Waals surface area contributed by atoms with Crippen LogP contribution < -0.4 is 14.2 Å². The number of aromatic hydroxyl groups is 1. The number of nitrogens with zero attached hydrogens (tertiary/aromatic N) is 1. The third kappa shape index (κ3) is 9.23. The summed E-state index contributed by atoms with van der Waals surface area (Å²) in [5, 5.41) is 9.96. The molecule has 0 unspecified atom stereocenters. The molecule has 0 radical (unpaired) electrons. The van der Waals surface area contributed by atoms with Crippen molar-refractivity contribution in [3.8, 4) is 28.2 Å². The summed E-state index contributed by atoms with van der Waals surface area (Å²) in [5.74, 6) is 2.38. The maximum atomic E-state index is 11.5. The summed E-state index contributed by atoms with van der Waals surface area (Å²) in [6, 6.07) is 17.1. The molecule has 0 fully saturated rings. The molecule has 41 heavy (non-hydrogen) atoms. The molecule has 0 aliphatic rings. The molecule has 0 spiro atoms. The fourth-order valence-corrected chi connectivity index (χ4v) is 5.44. The van der Waals surface area contributed by atoms with Crippen LogP contribution in [0.3, 0.4) is 0 Å². The lowest BCUT2D eigenvalue weighted by Crippen LogP contribution is -1.98. The summed E-state index contributed by atoms with van der Waals surface area (Å²) in [5.41, 5.74) is 3.03. The highest BCUT2D eigenvalue weighted by Crippen LogP contribution is 2.38. The number of fused-ring (bicyclic) bond motifs is 1. The lowest BCUT2D eigenvalue weighted by atomic mass is 10.1. The van der Waals surface area contributed by atoms with Crippen LogP contribution in [0, 0.1) is 0 Å². The highest BCUT2D eigenvalue weighted by atomic mass is 32.2. The van der Waals surface area contributed by atoms with Gasteiger partial charge in [-0.15, -0.1) is 11.8 Å². The molecule has 0 bridgehead atoms. The highest BCUT2D eigenvalue weighted by Gasteiger charge is 2.13. The van der Waals surface area contributed by atoms with Gasteiger partial charge in [0.2, 0.25) is 0 Å². The summed E-state index contributed by atoms with van der Waals surface area (Å²) in [6.45, 7) is 3.75. The number of carbonyl (C=O) groups is 2. The summed E-state index contributed by atoms with van der Waals surface area (Å²) >= 11 is 3.19. The topological polar surface area (TPSA) is 95.0 Å². The number of thiazole rings is 1. The fraction of sp³-hybridized carbons (Fsp3) is 0.344. The third-order valence-corrected chi connectivity index (χ3v) is 8.09. The average Bonchev–Trinajstić information content (AvgIpc) is 3.42. The average molecular weight is 596 g/mol. The number of hydrogen-bond acceptors (Lipinski definition) is 9. The van der Waals surface area contributed by atoms with E-state index in [1.165, 1.54) is 18.4 Å². The Morgan fingerprint density at radius 2 is 1.46 bits per heavy atom. The number of carbonyl (C=O) groups excluding carboxylic acids is 2. The molecular formula is C32H37NO6S2. The van der Waals surface area contributed by atoms with E-state index in [1.807, 2.05) is 50.4 Å². The van der Waals surface area contributed by atoms with Gasteiger partial charge in [-0.1, -0.05) is 43.4 Å². The second-order valence-electron chi connectivity index (χ2n) is 9.16. The van der Waals surface area contributed by atoms with Crippen LogP contribution in [0.25, 0.3) is 10.2 Å². The van der Waals surface area contributed by atoms with E-state index < -0.39 is 0 Å². The van der Waals surface area contributed by atoms with E-state index in [4.69, 9.17) is 14.2 Å². The van der Waals surface area contributed by atoms with E-state index in [1.54, 1.807) is 37.1 Å². The first kappa shape index (κ1) is 32.0. The molecule has 1 N–H and O–H groups in total. The molecule has 1 aromatic heterocycles. The lowest BCUT2D eigenvalue weighted by Gasteiger charge is -2.10. The van der Waals surface area contributed by atoms with Crippen LogP contribution in [0.1, 0.15) is 50.7 Å². The zero-order valence-electron chi connectivity index (χ0n) is 24.2. The zero-order chi connectivity index (χ0) is 29.8. The van der Waals surface area contributed by atoms with E-state index in [-0.39, 0.29) is 17.3 Å². The fourth-order valence-electron chi connectivity index (χ4n) is 3.96. The number of ketones is 2. The zero-order valence-corrected chi connectivity index (χ0v) is 25.8. The molecule has 218 valence electrons. The number of phenols is 1. The Hall–Kier alpha value is -3.56. The summed E-state index contributed by atoms with van der Waals surface area (Å²) < 4.78 is 17.5. The maximum absolute atomic E-state index is 11.5. The Bertz CT molecular complexity index is 1470. The number of rotatable bonds is 13. The molecule has 1 heterocycles. The predicted molar refractivity (Wildman–Crippen MR) is 166 cm³/mol. The van der Waals surface area contributed by atoms with Gasteiger partial charge < -0.3 is 19.3 Å². The minimum absolute atomic E-state index is 0.128. The Balaban J connectivity index is 0.000000263. The smallest absolute Gasteiger partial charge is 0.280 e. The van der Waals surface area contributed by atoms with Gasteiger partial charge in [0.1, 0.15) is 11.6 Å². The van der Waals surface area contributed by atoms with Gasteiger partial charge in [-0.3, -0.25) is 9.59 Å². The molecule has 0 amide bonds. The molecule has 0 saturated heterocycles. The normalized spacial score (nSPS) is 10.6. The molecule has 3 aromatic carbocycles. The molecule has 0 aliphatic heterocycles. The van der Waals surface area contributed by atoms with Crippen molar-refractivity contribution in [3.63, 3.8) is 0 Å². The number of ether oxygens (including phenoxy) is 3. The van der Waals surface area contributed by atoms with E-state index in [0.717, 1.165) is 26.2 Å². The van der Waals surface area contributed by atoms with Crippen LogP contribution in [-0.4, -0.2) is 42.1 Å². The first-order chi connectivity index (χ1) is 19.8. The van der Waals surface area contributed by atoms with Gasteiger partial charge in [0.25, 0.3) is 5.19 Å². The molecule has 4 rings (SSSR count). The highest BCUT2D eigenvalue weighted by molar-refractivity contribution is 7.98. The predicted octanol–water partition coefficient (Wildman–Crippen LogP) is 8.04. The van der Waals surface area contributed by atoms with Crippen LogP contribution in [0.5, 0.6) is 28.2 Å². The van der Waals surface area contributed by atoms with Crippen molar-refractivity contribution in [3.05, 3.63) is 65.7 Å². The molecule has 0 saturated carbocycles. The van der Waals surface area contributed by atoms with Gasteiger partial charge in [-0.25, -0.2) is 4.98 Å². The van der Waals surface area contributed by atoms with Crippen LogP contribution in [0.2, 0.25) is 0 Å². The van der Waals surface area contributed by atoms with E-state index in [9.17, 15) is 14.7 Å². The molecular weight excluding hydrogens is 558 g/mol. The van der Waals surface area contributed by atoms with Gasteiger partial charge in [-0.2, -0.15) is 0 Å². The molecule has 0 atom stereocenters. The van der Waals surface area contributed by atoms with Crippen LogP contribution in [0.4, 0.5) is 0 Å². The monoisotopic (exact) mass is 595 g/mol. The minimum atomic E-state index is 0.128. The number of methoxy groups -OCH3 is 2. The van der Waals surface area contributed by atoms with Crippen molar-refractivity contribution >= 4 is 44.9 Å². The van der Waals surface area contributed by atoms with E-state index in [0.29, 0.717) is 61.0 Å². The van der Waals surface area contributed by atoms with Crippen LogP contribution in [0.15, 0.2) is 59.5 Å². The first-order valence-electron chi connectivity index (χ1n) is 13.5. The second-order valence-corrected chi connectivity index (χ2v) is 11.0. The number of hydrogen-bond donors (Lipinski definition) is 1. The second kappa shape index (κ2) is 16.0. The summed E-state index contributed by atoms with van der Waals surface area (Å²) in [4.78, 5) is 28.4. The Labute approximate surface area is 249 Å². The van der Waals surface area contributed by atoms with Crippen LogP contribution in [-0.2, 0) is 22.4 Å². The van der Waals surface area contributed by atoms with Gasteiger partial charge in [0.05, 0.1) is 24.4 Å². The quantitative estimate of drug-likeness (QED) is 0.155. The van der Waals surface area contributed by atoms with Crippen LogP contribution >= 0.6 is 23.1 Å². The molecule has 9 heteroatoms. The maximum Gasteiger partial charge on any atom is 0.280 e. The SMILES string of the molecule is CCC(=O)CCc1ccc(O)c(OC)c1.CCC(=O)CCc1ccc(Oc2nc3c(SC)cccc3s2)c(OC)c1. The van der Waals surface area contributed by atoms with Crippen molar-refractivity contribution in [2.75, 3.05) is 20.5 Å². The van der Waals surface area contributed by atoms with Crippen molar-refractivity contribution in [1.29, 1.82) is 0 Å². The lowest BCUT2D eigenvalue weighted by molar-refractivity contribution is -0.119. The van der Waals surface area contributed by atoms with E-state index in [2.05, 4.69) is 11.1 Å². The largest absolute Gasteiger partial charge is 0.504 e. The summed E-state index contributed by atoms with van der Waals surface area (Å²) in [7, 11) is 3.13. The number of Topliss-reactive ketones (excluding diaryl/α,β-unsaturated/α-hetero) is 2. The van der Waals surface area contributed by atoms with Gasteiger partial charge in [0.15, 0.2) is 23.0 Å². The molecule has 7 nitrogen and oxygen atoms in total. The van der Waals surface area contributed by atoms with Gasteiger partial charge in [0, 0.05) is 30.6 Å². The number of aromatic nitrogens is 1. The Morgan fingerprint density at radius 1 is 0.854 bits per heavy atom. The van der Waals surface area contributed by atoms with Gasteiger partial charge in [-0.05, 0) is 66.6 Å². The Morgan fingerprint density at radius 3 is 2.05 bits per heavy atom.